The highest BCUT2D eigenvalue weighted by Crippen LogP contribution is 2.32. The van der Waals surface area contributed by atoms with Crippen molar-refractivity contribution in [1.82, 2.24) is 9.97 Å². The molecule has 1 N–H and O–H groups in total. The number of carbonyl (C=O) groups is 2. The topological polar surface area (TPSA) is 84.4 Å². The molecule has 1 aliphatic rings. The van der Waals surface area contributed by atoms with Crippen LogP contribution in [0.25, 0.3) is 0 Å². The van der Waals surface area contributed by atoms with E-state index in [2.05, 4.69) is 26.1 Å². The molecule has 7 nitrogen and oxygen atoms in total. The van der Waals surface area contributed by atoms with E-state index in [-0.39, 0.29) is 11.6 Å². The molecular weight excluding hydrogens is 368 g/mol. The van der Waals surface area contributed by atoms with Crippen LogP contribution in [0.5, 0.6) is 0 Å². The lowest BCUT2D eigenvalue weighted by Gasteiger charge is -2.18. The number of para-hydroxylation sites is 1. The highest BCUT2D eigenvalue weighted by Gasteiger charge is 2.23. The van der Waals surface area contributed by atoms with E-state index >= 15 is 0 Å². The van der Waals surface area contributed by atoms with Gasteiger partial charge in [0.2, 0.25) is 5.95 Å². The van der Waals surface area contributed by atoms with Crippen molar-refractivity contribution in [3.63, 3.8) is 0 Å². The smallest absolute Gasteiger partial charge is 0.337 e. The van der Waals surface area contributed by atoms with Crippen LogP contribution in [-0.2, 0) is 11.2 Å². The van der Waals surface area contributed by atoms with Gasteiger partial charge in [0, 0.05) is 23.6 Å². The number of benzene rings is 2. The average molecular weight is 388 g/mol. The van der Waals surface area contributed by atoms with Gasteiger partial charge < -0.3 is 15.0 Å². The summed E-state index contributed by atoms with van der Waals surface area (Å²) in [6.45, 7) is 2.62. The molecule has 2 aromatic carbocycles. The summed E-state index contributed by atoms with van der Waals surface area (Å²) in [6.07, 6.45) is 0.918. The zero-order valence-corrected chi connectivity index (χ0v) is 16.2. The number of nitrogens with one attached hydrogen (secondary N) is 1. The van der Waals surface area contributed by atoms with Gasteiger partial charge in [0.05, 0.1) is 12.7 Å². The third kappa shape index (κ3) is 3.80. The monoisotopic (exact) mass is 388 g/mol. The van der Waals surface area contributed by atoms with Gasteiger partial charge in [-0.1, -0.05) is 18.2 Å². The van der Waals surface area contributed by atoms with E-state index in [1.165, 1.54) is 12.7 Å². The van der Waals surface area contributed by atoms with E-state index in [1.54, 1.807) is 30.3 Å². The predicted octanol–water partition coefficient (Wildman–Crippen LogP) is 3.52. The van der Waals surface area contributed by atoms with Gasteiger partial charge in [0.15, 0.2) is 0 Å². The minimum absolute atomic E-state index is 0.286. The third-order valence-corrected chi connectivity index (χ3v) is 4.77. The molecule has 3 aromatic rings. The molecule has 0 unspecified atom stereocenters. The SMILES string of the molecule is COC(=O)c1ccc(NC(=O)c2cc(C)nc(N3CCc4ccccc43)n2)cc1. The fraction of sp³-hybridized carbons (Fsp3) is 0.182. The van der Waals surface area contributed by atoms with E-state index in [4.69, 9.17) is 0 Å². The summed E-state index contributed by atoms with van der Waals surface area (Å²) in [5.41, 5.74) is 4.29. The second-order valence-corrected chi connectivity index (χ2v) is 6.75. The van der Waals surface area contributed by atoms with Crippen LogP contribution in [0.1, 0.15) is 32.1 Å². The molecule has 0 atom stereocenters. The molecule has 146 valence electrons. The van der Waals surface area contributed by atoms with Crippen molar-refractivity contribution < 1.29 is 14.3 Å². The molecule has 0 fully saturated rings. The number of aryl methyl sites for hydroxylation is 1. The third-order valence-electron chi connectivity index (χ3n) is 4.77. The highest BCUT2D eigenvalue weighted by molar-refractivity contribution is 6.03. The normalized spacial score (nSPS) is 12.4. The molecule has 4 rings (SSSR count). The first kappa shape index (κ1) is 18.6. The van der Waals surface area contributed by atoms with Crippen molar-refractivity contribution in [3.8, 4) is 0 Å². The van der Waals surface area contributed by atoms with E-state index in [1.807, 2.05) is 30.0 Å². The Labute approximate surface area is 168 Å². The maximum absolute atomic E-state index is 12.7. The van der Waals surface area contributed by atoms with E-state index in [9.17, 15) is 9.59 Å². The van der Waals surface area contributed by atoms with Gasteiger partial charge >= 0.3 is 5.97 Å². The number of aromatic nitrogens is 2. The summed E-state index contributed by atoms with van der Waals surface area (Å²) in [7, 11) is 1.33. The Morgan fingerprint density at radius 2 is 1.83 bits per heavy atom. The summed E-state index contributed by atoms with van der Waals surface area (Å²) < 4.78 is 4.68. The second kappa shape index (κ2) is 7.71. The van der Waals surface area contributed by atoms with Gasteiger partial charge in [-0.2, -0.15) is 0 Å². The lowest BCUT2D eigenvalue weighted by Crippen LogP contribution is -2.20. The quantitative estimate of drug-likeness (QED) is 0.689. The van der Waals surface area contributed by atoms with E-state index in [0.717, 1.165) is 18.7 Å². The molecule has 0 saturated carbocycles. The summed E-state index contributed by atoms with van der Waals surface area (Å²) in [5, 5.41) is 2.81. The summed E-state index contributed by atoms with van der Waals surface area (Å²) in [6, 6.07) is 16.3. The van der Waals surface area contributed by atoms with Crippen molar-refractivity contribution in [1.29, 1.82) is 0 Å². The molecule has 0 spiro atoms. The summed E-state index contributed by atoms with van der Waals surface area (Å²) >= 11 is 0. The molecule has 1 aromatic heterocycles. The Balaban J connectivity index is 1.56. The van der Waals surface area contributed by atoms with Gasteiger partial charge in [0.1, 0.15) is 5.69 Å². The van der Waals surface area contributed by atoms with Crippen molar-refractivity contribution in [2.45, 2.75) is 13.3 Å². The van der Waals surface area contributed by atoms with E-state index in [0.29, 0.717) is 22.9 Å². The molecular formula is C22H20N4O3. The van der Waals surface area contributed by atoms with Crippen molar-refractivity contribution in [2.75, 3.05) is 23.9 Å². The molecule has 1 aliphatic heterocycles. The van der Waals surface area contributed by atoms with Gasteiger partial charge in [-0.05, 0) is 55.3 Å². The van der Waals surface area contributed by atoms with Gasteiger partial charge in [-0.25, -0.2) is 14.8 Å². The first-order valence-corrected chi connectivity index (χ1v) is 9.26. The summed E-state index contributed by atoms with van der Waals surface area (Å²) in [4.78, 5) is 35.3. The lowest BCUT2D eigenvalue weighted by atomic mass is 10.2. The zero-order valence-electron chi connectivity index (χ0n) is 16.2. The number of amides is 1. The van der Waals surface area contributed by atoms with Crippen LogP contribution >= 0.6 is 0 Å². The number of nitrogens with zero attached hydrogens (tertiary/aromatic N) is 3. The Kier molecular flexibility index (Phi) is 4.95. The molecule has 29 heavy (non-hydrogen) atoms. The number of ether oxygens (including phenoxy) is 1. The molecule has 0 aliphatic carbocycles. The first-order chi connectivity index (χ1) is 14.0. The largest absolute Gasteiger partial charge is 0.465 e. The Hall–Kier alpha value is -3.74. The molecule has 0 saturated heterocycles. The number of anilines is 3. The average Bonchev–Trinajstić information content (AvgIpc) is 3.17. The lowest BCUT2D eigenvalue weighted by molar-refractivity contribution is 0.0600. The fourth-order valence-electron chi connectivity index (χ4n) is 3.34. The molecule has 1 amide bonds. The van der Waals surface area contributed by atoms with Crippen molar-refractivity contribution in [3.05, 3.63) is 77.1 Å². The number of fused-ring (bicyclic) bond motifs is 1. The summed E-state index contributed by atoms with van der Waals surface area (Å²) in [5.74, 6) is -0.249. The number of hydrogen-bond acceptors (Lipinski definition) is 6. The zero-order chi connectivity index (χ0) is 20.4. The number of esters is 1. The minimum Gasteiger partial charge on any atom is -0.465 e. The van der Waals surface area contributed by atoms with Gasteiger partial charge in [-0.15, -0.1) is 0 Å². The molecule has 0 bridgehead atoms. The molecule has 7 heteroatoms. The number of carbonyl (C=O) groups excluding carboxylic acids is 2. The first-order valence-electron chi connectivity index (χ1n) is 9.26. The Bertz CT molecular complexity index is 1080. The van der Waals surface area contributed by atoms with Crippen LogP contribution in [0.2, 0.25) is 0 Å². The molecule has 2 heterocycles. The Morgan fingerprint density at radius 3 is 2.59 bits per heavy atom. The van der Waals surface area contributed by atoms with Crippen LogP contribution in [0.3, 0.4) is 0 Å². The Morgan fingerprint density at radius 1 is 1.07 bits per heavy atom. The standard InChI is InChI=1S/C22H20N4O3/c1-14-13-18(20(27)24-17-9-7-16(8-10-17)21(28)29-2)25-22(23-14)26-12-11-15-5-3-4-6-19(15)26/h3-10,13H,11-12H2,1-2H3,(H,24,27). The highest BCUT2D eigenvalue weighted by atomic mass is 16.5. The van der Waals surface area contributed by atoms with Crippen LogP contribution < -0.4 is 10.2 Å². The van der Waals surface area contributed by atoms with Crippen LogP contribution in [0.4, 0.5) is 17.3 Å². The minimum atomic E-state index is -0.426. The van der Waals surface area contributed by atoms with Gasteiger partial charge in [0.25, 0.3) is 5.91 Å². The van der Waals surface area contributed by atoms with Crippen LogP contribution in [0.15, 0.2) is 54.6 Å². The second-order valence-electron chi connectivity index (χ2n) is 6.75. The number of methoxy groups -OCH3 is 1. The fourth-order valence-corrected chi connectivity index (χ4v) is 3.34. The van der Waals surface area contributed by atoms with Crippen LogP contribution in [-0.4, -0.2) is 35.5 Å². The van der Waals surface area contributed by atoms with Crippen molar-refractivity contribution >= 4 is 29.2 Å². The van der Waals surface area contributed by atoms with Crippen molar-refractivity contribution in [2.24, 2.45) is 0 Å². The van der Waals surface area contributed by atoms with Crippen LogP contribution in [0, 0.1) is 6.92 Å². The van der Waals surface area contributed by atoms with Gasteiger partial charge in [-0.3, -0.25) is 4.79 Å². The van der Waals surface area contributed by atoms with E-state index < -0.39 is 5.97 Å². The number of hydrogen-bond donors (Lipinski definition) is 1. The number of rotatable bonds is 4. The maximum atomic E-state index is 12.7. The molecule has 0 radical (unpaired) electrons. The maximum Gasteiger partial charge on any atom is 0.337 e. The predicted molar refractivity (Wildman–Crippen MR) is 110 cm³/mol.